The maximum atomic E-state index is 11.6. The molecule has 0 amide bonds. The monoisotopic (exact) mass is 291 g/mol. The van der Waals surface area contributed by atoms with Crippen LogP contribution >= 0.6 is 0 Å². The molecule has 3 unspecified atom stereocenters. The number of rotatable bonds is 11. The third-order valence-corrected chi connectivity index (χ3v) is 3.83. The van der Waals surface area contributed by atoms with Gasteiger partial charge < -0.3 is 5.11 Å². The molecule has 3 nitrogen and oxygen atoms in total. The summed E-state index contributed by atoms with van der Waals surface area (Å²) in [6, 6.07) is -0.749. The van der Waals surface area contributed by atoms with E-state index in [4.69, 9.17) is 0 Å². The fourth-order valence-corrected chi connectivity index (χ4v) is 2.09. The molecule has 0 radical (unpaired) electrons. The first-order chi connectivity index (χ1) is 9.88. The van der Waals surface area contributed by atoms with Crippen molar-refractivity contribution in [2.75, 3.05) is 13.1 Å². The highest BCUT2D eigenvalue weighted by atomic mass is 16.4. The SMILES string of the molecule is C=CCN(CC=C)C(C(=C)/C=C\C(C)C(C)CC)C(=O)O. The molecule has 0 spiro atoms. The first kappa shape index (κ1) is 19.4. The van der Waals surface area contributed by atoms with Gasteiger partial charge in [-0.3, -0.25) is 9.69 Å². The minimum absolute atomic E-state index is 0.397. The Morgan fingerprint density at radius 1 is 1.24 bits per heavy atom. The van der Waals surface area contributed by atoms with Crippen molar-refractivity contribution >= 4 is 5.97 Å². The zero-order chi connectivity index (χ0) is 16.4. The van der Waals surface area contributed by atoms with Crippen molar-refractivity contribution in [2.24, 2.45) is 11.8 Å². The smallest absolute Gasteiger partial charge is 0.325 e. The third kappa shape index (κ3) is 6.58. The highest BCUT2D eigenvalue weighted by Gasteiger charge is 2.25. The van der Waals surface area contributed by atoms with Crippen LogP contribution in [0.15, 0.2) is 49.6 Å². The van der Waals surface area contributed by atoms with E-state index in [9.17, 15) is 9.90 Å². The van der Waals surface area contributed by atoms with E-state index < -0.39 is 12.0 Å². The van der Waals surface area contributed by atoms with Crippen molar-refractivity contribution in [3.05, 3.63) is 49.6 Å². The number of carboxylic acid groups (broad SMARTS) is 1. The Bertz CT molecular complexity index is 388. The fourth-order valence-electron chi connectivity index (χ4n) is 2.09. The second-order valence-electron chi connectivity index (χ2n) is 5.45. The standard InChI is InChI=1S/C18H29NO2/c1-7-12-19(13-8-2)17(18(20)21)16(6)11-10-15(5)14(4)9-3/h7-8,10-11,14-15,17H,1-2,6,9,12-13H2,3-5H3,(H,20,21)/b11-10-. The summed E-state index contributed by atoms with van der Waals surface area (Å²) in [6.07, 6.45) is 8.37. The van der Waals surface area contributed by atoms with E-state index in [0.29, 0.717) is 30.5 Å². The van der Waals surface area contributed by atoms with Gasteiger partial charge in [0, 0.05) is 13.1 Å². The van der Waals surface area contributed by atoms with Crippen molar-refractivity contribution in [1.29, 1.82) is 0 Å². The molecule has 0 bridgehead atoms. The van der Waals surface area contributed by atoms with Gasteiger partial charge in [0.05, 0.1) is 0 Å². The molecule has 1 N–H and O–H groups in total. The summed E-state index contributed by atoms with van der Waals surface area (Å²) in [7, 11) is 0. The quantitative estimate of drug-likeness (QED) is 0.463. The van der Waals surface area contributed by atoms with Gasteiger partial charge in [-0.25, -0.2) is 0 Å². The molecule has 0 heterocycles. The van der Waals surface area contributed by atoms with Crippen molar-refractivity contribution < 1.29 is 9.90 Å². The van der Waals surface area contributed by atoms with E-state index >= 15 is 0 Å². The maximum absolute atomic E-state index is 11.6. The molecule has 118 valence electrons. The van der Waals surface area contributed by atoms with Crippen molar-refractivity contribution in [1.82, 2.24) is 4.90 Å². The van der Waals surface area contributed by atoms with Crippen molar-refractivity contribution in [2.45, 2.75) is 33.2 Å². The summed E-state index contributed by atoms with van der Waals surface area (Å²) in [5.74, 6) is 0.0628. The molecule has 3 heteroatoms. The molecule has 0 aromatic rings. The maximum Gasteiger partial charge on any atom is 0.325 e. The van der Waals surface area contributed by atoms with Gasteiger partial charge in [-0.2, -0.15) is 0 Å². The average molecular weight is 291 g/mol. The van der Waals surface area contributed by atoms with Crippen LogP contribution in [0.4, 0.5) is 0 Å². The minimum atomic E-state index is -0.899. The summed E-state index contributed by atoms with van der Waals surface area (Å²) in [5.41, 5.74) is 0.585. The zero-order valence-electron chi connectivity index (χ0n) is 13.6. The molecule has 0 aliphatic carbocycles. The number of nitrogens with zero attached hydrogens (tertiary/aromatic N) is 1. The predicted molar refractivity (Wildman–Crippen MR) is 90.3 cm³/mol. The number of hydrogen-bond acceptors (Lipinski definition) is 2. The summed E-state index contributed by atoms with van der Waals surface area (Å²) < 4.78 is 0. The normalized spacial score (nSPS) is 15.6. The van der Waals surface area contributed by atoms with E-state index in [1.54, 1.807) is 17.1 Å². The molecule has 0 aliphatic rings. The molecular weight excluding hydrogens is 262 g/mol. The third-order valence-electron chi connectivity index (χ3n) is 3.83. The first-order valence-electron chi connectivity index (χ1n) is 7.44. The first-order valence-corrected chi connectivity index (χ1v) is 7.44. The molecule has 0 saturated carbocycles. The lowest BCUT2D eigenvalue weighted by Gasteiger charge is -2.27. The summed E-state index contributed by atoms with van der Waals surface area (Å²) in [6.45, 7) is 18.7. The molecule has 0 aromatic carbocycles. The van der Waals surface area contributed by atoms with Crippen molar-refractivity contribution in [3.63, 3.8) is 0 Å². The van der Waals surface area contributed by atoms with E-state index in [0.717, 1.165) is 6.42 Å². The lowest BCUT2D eigenvalue weighted by molar-refractivity contribution is -0.141. The average Bonchev–Trinajstić information content (AvgIpc) is 2.44. The Hall–Kier alpha value is -1.61. The van der Waals surface area contributed by atoms with Gasteiger partial charge in [0.25, 0.3) is 0 Å². The molecule has 3 atom stereocenters. The van der Waals surface area contributed by atoms with Gasteiger partial charge in [0.2, 0.25) is 0 Å². The Morgan fingerprint density at radius 3 is 2.14 bits per heavy atom. The number of allylic oxidation sites excluding steroid dienone is 1. The van der Waals surface area contributed by atoms with Crippen LogP contribution in [-0.2, 0) is 4.79 Å². The van der Waals surface area contributed by atoms with Crippen LogP contribution in [0.2, 0.25) is 0 Å². The summed E-state index contributed by atoms with van der Waals surface area (Å²) in [5, 5.41) is 9.48. The van der Waals surface area contributed by atoms with Gasteiger partial charge in [0.1, 0.15) is 6.04 Å². The van der Waals surface area contributed by atoms with E-state index in [1.807, 2.05) is 12.2 Å². The van der Waals surface area contributed by atoms with Crippen LogP contribution in [0.3, 0.4) is 0 Å². The Morgan fingerprint density at radius 2 is 1.76 bits per heavy atom. The lowest BCUT2D eigenvalue weighted by Crippen LogP contribution is -2.42. The lowest BCUT2D eigenvalue weighted by atomic mass is 9.92. The second-order valence-corrected chi connectivity index (χ2v) is 5.45. The molecule has 0 rings (SSSR count). The number of aliphatic carboxylic acids is 1. The highest BCUT2D eigenvalue weighted by molar-refractivity contribution is 5.78. The zero-order valence-corrected chi connectivity index (χ0v) is 13.6. The summed E-state index contributed by atoms with van der Waals surface area (Å²) in [4.78, 5) is 13.3. The van der Waals surface area contributed by atoms with Gasteiger partial charge in [-0.1, -0.05) is 58.1 Å². The van der Waals surface area contributed by atoms with Crippen LogP contribution < -0.4 is 0 Å². The predicted octanol–water partition coefficient (Wildman–Crippen LogP) is 3.91. The fraction of sp³-hybridized carbons (Fsp3) is 0.500. The molecule has 0 aliphatic heterocycles. The molecular formula is C18H29NO2. The molecule has 0 saturated heterocycles. The van der Waals surface area contributed by atoms with Gasteiger partial charge >= 0.3 is 5.97 Å². The minimum Gasteiger partial charge on any atom is -0.480 e. The van der Waals surface area contributed by atoms with Gasteiger partial charge in [0.15, 0.2) is 0 Å². The van der Waals surface area contributed by atoms with E-state index in [2.05, 4.69) is 40.5 Å². The van der Waals surface area contributed by atoms with Crippen LogP contribution in [0.1, 0.15) is 27.2 Å². The summed E-state index contributed by atoms with van der Waals surface area (Å²) >= 11 is 0. The highest BCUT2D eigenvalue weighted by Crippen LogP contribution is 2.18. The Balaban J connectivity index is 5.06. The van der Waals surface area contributed by atoms with E-state index in [-0.39, 0.29) is 0 Å². The number of carbonyl (C=O) groups is 1. The van der Waals surface area contributed by atoms with Gasteiger partial charge in [-0.15, -0.1) is 13.2 Å². The molecule has 0 aromatic heterocycles. The molecule has 0 fully saturated rings. The van der Waals surface area contributed by atoms with E-state index in [1.165, 1.54) is 0 Å². The van der Waals surface area contributed by atoms with Crippen LogP contribution in [0.25, 0.3) is 0 Å². The Labute approximate surface area is 129 Å². The van der Waals surface area contributed by atoms with Gasteiger partial charge in [-0.05, 0) is 17.4 Å². The topological polar surface area (TPSA) is 40.5 Å². The van der Waals surface area contributed by atoms with Crippen LogP contribution in [0, 0.1) is 11.8 Å². The van der Waals surface area contributed by atoms with Crippen molar-refractivity contribution in [3.8, 4) is 0 Å². The van der Waals surface area contributed by atoms with Crippen LogP contribution in [0.5, 0.6) is 0 Å². The van der Waals surface area contributed by atoms with Crippen LogP contribution in [-0.4, -0.2) is 35.1 Å². The largest absolute Gasteiger partial charge is 0.480 e. The molecule has 21 heavy (non-hydrogen) atoms. The Kier molecular flexibility index (Phi) is 9.39. The number of hydrogen-bond donors (Lipinski definition) is 1. The number of carboxylic acids is 1. The second kappa shape index (κ2) is 10.2.